The quantitative estimate of drug-likeness (QED) is 0.149. The summed E-state index contributed by atoms with van der Waals surface area (Å²) in [6.07, 6.45) is 6.71. The second-order valence-corrected chi connectivity index (χ2v) is 10.8. The van der Waals surface area contributed by atoms with E-state index >= 15 is 0 Å². The summed E-state index contributed by atoms with van der Waals surface area (Å²) in [6, 6.07) is 6.71. The first-order chi connectivity index (χ1) is 14.4. The van der Waals surface area contributed by atoms with Gasteiger partial charge in [0.2, 0.25) is 11.8 Å². The molecule has 1 heterocycles. The normalized spacial score (nSPS) is 32.0. The maximum absolute atomic E-state index is 13.1. The molecule has 5 nitrogen and oxygen atoms in total. The lowest BCUT2D eigenvalue weighted by molar-refractivity contribution is -0.134. The first-order valence-corrected chi connectivity index (χ1v) is 12.7. The molecule has 2 amide bonds. The molecule has 4 rings (SSSR count). The van der Waals surface area contributed by atoms with Crippen molar-refractivity contribution in [3.63, 3.8) is 0 Å². The van der Waals surface area contributed by atoms with Gasteiger partial charge in [0.15, 0.2) is 0 Å². The van der Waals surface area contributed by atoms with E-state index in [2.05, 4.69) is 38.8 Å². The lowest BCUT2D eigenvalue weighted by Crippen LogP contribution is -2.37. The van der Waals surface area contributed by atoms with Crippen LogP contribution in [0.5, 0.6) is 5.75 Å². The van der Waals surface area contributed by atoms with Crippen LogP contribution in [0.1, 0.15) is 51.9 Å². The van der Waals surface area contributed by atoms with Crippen LogP contribution in [0.2, 0.25) is 0 Å². The lowest BCUT2D eigenvalue weighted by Gasteiger charge is -2.28. The molecule has 0 radical (unpaired) electrons. The molecular formula is C23H27Br2NO4. The zero-order valence-electron chi connectivity index (χ0n) is 17.1. The van der Waals surface area contributed by atoms with Gasteiger partial charge in [-0.3, -0.25) is 19.3 Å². The number of ether oxygens (including phenoxy) is 1. The summed E-state index contributed by atoms with van der Waals surface area (Å²) in [5.41, 5.74) is 0.551. The molecule has 30 heavy (non-hydrogen) atoms. The van der Waals surface area contributed by atoms with Crippen LogP contribution >= 0.6 is 31.9 Å². The molecular weight excluding hydrogens is 514 g/mol. The van der Waals surface area contributed by atoms with Crippen molar-refractivity contribution >= 4 is 55.3 Å². The van der Waals surface area contributed by atoms with E-state index in [1.807, 2.05) is 0 Å². The molecule has 1 saturated heterocycles. The van der Waals surface area contributed by atoms with Gasteiger partial charge in [0, 0.05) is 16.1 Å². The summed E-state index contributed by atoms with van der Waals surface area (Å²) in [7, 11) is 0. The van der Waals surface area contributed by atoms with Crippen molar-refractivity contribution in [2.24, 2.45) is 23.7 Å². The number of anilines is 1. The van der Waals surface area contributed by atoms with Gasteiger partial charge < -0.3 is 4.74 Å². The molecule has 7 heteroatoms. The van der Waals surface area contributed by atoms with Crippen molar-refractivity contribution in [1.82, 2.24) is 0 Å². The van der Waals surface area contributed by atoms with Gasteiger partial charge in [-0.2, -0.15) is 0 Å². The molecule has 6 atom stereocenters. The van der Waals surface area contributed by atoms with E-state index in [1.165, 1.54) is 17.7 Å². The molecule has 1 aliphatic heterocycles. The predicted octanol–water partition coefficient (Wildman–Crippen LogP) is 5.23. The Hall–Kier alpha value is -1.21. The number of amides is 2. The number of halogens is 2. The highest BCUT2D eigenvalue weighted by atomic mass is 79.9. The number of imide groups is 1. The summed E-state index contributed by atoms with van der Waals surface area (Å²) in [5, 5.41) is 0. The molecule has 0 N–H and O–H groups in total. The molecule has 1 aromatic rings. The minimum absolute atomic E-state index is 0.0989. The molecule has 1 aromatic carbocycles. The predicted molar refractivity (Wildman–Crippen MR) is 122 cm³/mol. The van der Waals surface area contributed by atoms with Gasteiger partial charge in [0.25, 0.3) is 0 Å². The average Bonchev–Trinajstić information content (AvgIpc) is 3.33. The molecule has 2 bridgehead atoms. The van der Waals surface area contributed by atoms with Crippen molar-refractivity contribution < 1.29 is 19.1 Å². The van der Waals surface area contributed by atoms with E-state index in [1.54, 1.807) is 24.3 Å². The van der Waals surface area contributed by atoms with Gasteiger partial charge in [-0.1, -0.05) is 64.5 Å². The molecule has 3 fully saturated rings. The topological polar surface area (TPSA) is 63.7 Å². The summed E-state index contributed by atoms with van der Waals surface area (Å²) in [5.74, 6) is -0.0667. The maximum Gasteiger partial charge on any atom is 0.311 e. The Labute approximate surface area is 194 Å². The first kappa shape index (κ1) is 22.0. The van der Waals surface area contributed by atoms with Gasteiger partial charge >= 0.3 is 5.97 Å². The third-order valence-corrected chi connectivity index (χ3v) is 10.0. The van der Waals surface area contributed by atoms with E-state index in [0.29, 0.717) is 17.9 Å². The highest BCUT2D eigenvalue weighted by Gasteiger charge is 2.66. The number of nitrogens with zero attached hydrogens (tertiary/aromatic N) is 1. The fraction of sp³-hybridized carbons (Fsp3) is 0.609. The van der Waals surface area contributed by atoms with Crippen LogP contribution in [-0.4, -0.2) is 27.4 Å². The number of esters is 1. The largest absolute Gasteiger partial charge is 0.427 e. The zero-order chi connectivity index (χ0) is 21.4. The molecule has 2 aliphatic carbocycles. The van der Waals surface area contributed by atoms with Crippen molar-refractivity contribution in [3.05, 3.63) is 24.3 Å². The number of fused-ring (bicyclic) bond motifs is 5. The number of alkyl halides is 2. The summed E-state index contributed by atoms with van der Waals surface area (Å²) in [6.45, 7) is 2.16. The minimum atomic E-state index is -0.245. The maximum atomic E-state index is 13.1. The standard InChI is InChI=1S/C23H27Br2NO4/c1-2-3-4-5-6-7-17(27)30-14-10-8-13(9-11-14)26-22(28)18-15-12-16(19(18)23(26)29)21(25)20(15)24/h8-11,15-16,18-21H,2-7,12H2,1H3/t15-,16-,18-,19-,20+,21+/m1/s1. The van der Waals surface area contributed by atoms with Crippen LogP contribution in [0.4, 0.5) is 5.69 Å². The molecule has 0 aromatic heterocycles. The van der Waals surface area contributed by atoms with Crippen LogP contribution in [-0.2, 0) is 14.4 Å². The number of hydrogen-bond donors (Lipinski definition) is 0. The van der Waals surface area contributed by atoms with Gasteiger partial charge in [-0.15, -0.1) is 0 Å². The summed E-state index contributed by atoms with van der Waals surface area (Å²) >= 11 is 7.41. The fourth-order valence-electron chi connectivity index (χ4n) is 5.32. The SMILES string of the molecule is CCCCCCCC(=O)Oc1ccc(N2C(=O)[C@@H]3[C@H]4C[C@@H]([C@H](Br)[C@H]4Br)[C@H]3C2=O)cc1. The van der Waals surface area contributed by atoms with Gasteiger partial charge in [-0.05, 0) is 48.9 Å². The van der Waals surface area contributed by atoms with Gasteiger partial charge in [0.05, 0.1) is 17.5 Å². The van der Waals surface area contributed by atoms with E-state index in [4.69, 9.17) is 4.74 Å². The second kappa shape index (κ2) is 9.11. The Balaban J connectivity index is 1.37. The molecule has 0 unspecified atom stereocenters. The molecule has 162 valence electrons. The van der Waals surface area contributed by atoms with Crippen molar-refractivity contribution in [3.8, 4) is 5.75 Å². The smallest absolute Gasteiger partial charge is 0.311 e. The number of benzene rings is 1. The fourth-order valence-corrected chi connectivity index (χ4v) is 7.20. The first-order valence-electron chi connectivity index (χ1n) is 10.9. The van der Waals surface area contributed by atoms with Crippen molar-refractivity contribution in [1.29, 1.82) is 0 Å². The third-order valence-electron chi connectivity index (χ3n) is 6.80. The Kier molecular flexibility index (Phi) is 6.68. The highest BCUT2D eigenvalue weighted by Crippen LogP contribution is 2.60. The summed E-state index contributed by atoms with van der Waals surface area (Å²) in [4.78, 5) is 40.0. The number of carbonyl (C=O) groups is 3. The van der Waals surface area contributed by atoms with Crippen LogP contribution in [0.3, 0.4) is 0 Å². The Morgan fingerprint density at radius 3 is 2.10 bits per heavy atom. The number of carbonyl (C=O) groups excluding carboxylic acids is 3. The molecule has 0 spiro atoms. The molecule has 3 aliphatic rings. The van der Waals surface area contributed by atoms with E-state index < -0.39 is 0 Å². The van der Waals surface area contributed by atoms with Crippen molar-refractivity contribution in [2.45, 2.75) is 61.5 Å². The third kappa shape index (κ3) is 3.88. The number of hydrogen-bond acceptors (Lipinski definition) is 4. The van der Waals surface area contributed by atoms with E-state index in [-0.39, 0.29) is 51.1 Å². The zero-order valence-corrected chi connectivity index (χ0v) is 20.2. The summed E-state index contributed by atoms with van der Waals surface area (Å²) < 4.78 is 5.40. The van der Waals surface area contributed by atoms with Gasteiger partial charge in [-0.25, -0.2) is 0 Å². The number of unbranched alkanes of at least 4 members (excludes halogenated alkanes) is 4. The van der Waals surface area contributed by atoms with Gasteiger partial charge in [0.1, 0.15) is 5.75 Å². The molecule has 2 saturated carbocycles. The van der Waals surface area contributed by atoms with E-state index in [0.717, 1.165) is 25.7 Å². The van der Waals surface area contributed by atoms with Crippen LogP contribution < -0.4 is 9.64 Å². The van der Waals surface area contributed by atoms with Crippen LogP contribution in [0.25, 0.3) is 0 Å². The van der Waals surface area contributed by atoms with Crippen LogP contribution in [0.15, 0.2) is 24.3 Å². The Morgan fingerprint density at radius 2 is 1.53 bits per heavy atom. The van der Waals surface area contributed by atoms with Crippen molar-refractivity contribution in [2.75, 3.05) is 4.90 Å². The average molecular weight is 541 g/mol. The lowest BCUT2D eigenvalue weighted by atomic mass is 9.81. The number of rotatable bonds is 8. The second-order valence-electron chi connectivity index (χ2n) is 8.65. The monoisotopic (exact) mass is 539 g/mol. The van der Waals surface area contributed by atoms with Crippen LogP contribution in [0, 0.1) is 23.7 Å². The minimum Gasteiger partial charge on any atom is -0.427 e. The highest BCUT2D eigenvalue weighted by molar-refractivity contribution is 9.12. The van der Waals surface area contributed by atoms with E-state index in [9.17, 15) is 14.4 Å². The Bertz CT molecular complexity index is 795. The Morgan fingerprint density at radius 1 is 0.967 bits per heavy atom.